The third kappa shape index (κ3) is 3.47. The van der Waals surface area contributed by atoms with Crippen molar-refractivity contribution in [3.05, 3.63) is 24.3 Å². The van der Waals surface area contributed by atoms with E-state index in [0.717, 1.165) is 0 Å². The van der Waals surface area contributed by atoms with Crippen LogP contribution in [-0.4, -0.2) is 19.5 Å². The Morgan fingerprint density at radius 1 is 1.21 bits per heavy atom. The lowest BCUT2D eigenvalue weighted by Crippen LogP contribution is -2.07. The molecule has 2 nitrogen and oxygen atoms in total. The van der Waals surface area contributed by atoms with Gasteiger partial charge >= 0.3 is 6.18 Å². The molecule has 14 heavy (non-hydrogen) atoms. The number of hydrogen-bond donors (Lipinski definition) is 0. The van der Waals surface area contributed by atoms with Gasteiger partial charge in [-0.1, -0.05) is 0 Å². The molecule has 0 fully saturated rings. The van der Waals surface area contributed by atoms with Crippen molar-refractivity contribution >= 4 is 11.9 Å². The Bertz CT molecular complexity index is 316. The van der Waals surface area contributed by atoms with Crippen LogP contribution in [0.2, 0.25) is 0 Å². The Balaban J connectivity index is 2.74. The van der Waals surface area contributed by atoms with Crippen molar-refractivity contribution in [2.75, 3.05) is 7.11 Å². The first-order valence-electron chi connectivity index (χ1n) is 3.77. The molecule has 1 aromatic carbocycles. The summed E-state index contributed by atoms with van der Waals surface area (Å²) in [6.07, 6.45) is -4.42. The molecule has 0 saturated heterocycles. The van der Waals surface area contributed by atoms with Crippen LogP contribution in [0.5, 0.6) is 5.75 Å². The van der Waals surface area contributed by atoms with Crippen molar-refractivity contribution < 1.29 is 17.9 Å². The van der Waals surface area contributed by atoms with Gasteiger partial charge in [-0.2, -0.15) is 13.2 Å². The average molecular weight is 203 g/mol. The number of methoxy groups -OCH3 is 1. The van der Waals surface area contributed by atoms with Crippen molar-refractivity contribution in [3.63, 3.8) is 0 Å². The van der Waals surface area contributed by atoms with E-state index in [0.29, 0.717) is 5.75 Å². The van der Waals surface area contributed by atoms with Gasteiger partial charge in [0, 0.05) is 0 Å². The first-order valence-corrected chi connectivity index (χ1v) is 3.77. The van der Waals surface area contributed by atoms with Crippen LogP contribution in [0.3, 0.4) is 0 Å². The molecule has 0 aromatic heterocycles. The summed E-state index contributed by atoms with van der Waals surface area (Å²) in [4.78, 5) is 3.25. The second kappa shape index (κ2) is 4.13. The van der Waals surface area contributed by atoms with Gasteiger partial charge in [0.05, 0.1) is 12.8 Å². The lowest BCUT2D eigenvalue weighted by atomic mass is 10.3. The quantitative estimate of drug-likeness (QED) is 0.677. The number of hydrogen-bond acceptors (Lipinski definition) is 2. The molecule has 0 aliphatic rings. The average Bonchev–Trinajstić information content (AvgIpc) is 2.14. The summed E-state index contributed by atoms with van der Waals surface area (Å²) in [5, 5.41) is 0. The van der Waals surface area contributed by atoms with Crippen LogP contribution in [-0.2, 0) is 0 Å². The number of halogens is 3. The van der Waals surface area contributed by atoms with Gasteiger partial charge in [0.25, 0.3) is 0 Å². The first kappa shape index (κ1) is 10.6. The molecule has 0 unspecified atom stereocenters. The molecule has 0 amide bonds. The maximum absolute atomic E-state index is 11.7. The zero-order valence-electron chi connectivity index (χ0n) is 7.38. The zero-order chi connectivity index (χ0) is 10.6. The lowest BCUT2D eigenvalue weighted by molar-refractivity contribution is -0.0535. The molecule has 76 valence electrons. The van der Waals surface area contributed by atoms with E-state index in [4.69, 9.17) is 4.74 Å². The minimum atomic E-state index is -4.38. The van der Waals surface area contributed by atoms with Gasteiger partial charge in [-0.3, -0.25) is 4.99 Å². The molecule has 1 aromatic rings. The van der Waals surface area contributed by atoms with Gasteiger partial charge in [-0.15, -0.1) is 0 Å². The van der Waals surface area contributed by atoms with Crippen molar-refractivity contribution in [2.45, 2.75) is 6.18 Å². The largest absolute Gasteiger partial charge is 0.497 e. The smallest absolute Gasteiger partial charge is 0.426 e. The second-order valence-corrected chi connectivity index (χ2v) is 2.50. The molecule has 1 rings (SSSR count). The topological polar surface area (TPSA) is 21.6 Å². The number of benzene rings is 1. The highest BCUT2D eigenvalue weighted by Gasteiger charge is 2.23. The molecule has 0 spiro atoms. The molecule has 0 bridgehead atoms. The SMILES string of the molecule is COc1ccc(N=CC(F)(F)F)cc1. The Morgan fingerprint density at radius 2 is 1.79 bits per heavy atom. The van der Waals surface area contributed by atoms with E-state index in [2.05, 4.69) is 4.99 Å². The summed E-state index contributed by atoms with van der Waals surface area (Å²) >= 11 is 0. The highest BCUT2D eigenvalue weighted by molar-refractivity contribution is 5.68. The van der Waals surface area contributed by atoms with Crippen molar-refractivity contribution in [1.82, 2.24) is 0 Å². The van der Waals surface area contributed by atoms with Gasteiger partial charge in [0.2, 0.25) is 0 Å². The number of rotatable bonds is 2. The molecule has 0 radical (unpaired) electrons. The summed E-state index contributed by atoms with van der Waals surface area (Å²) in [5.74, 6) is 0.580. The van der Waals surface area contributed by atoms with Crippen LogP contribution in [0.1, 0.15) is 0 Å². The van der Waals surface area contributed by atoms with E-state index in [1.165, 1.54) is 19.2 Å². The maximum Gasteiger partial charge on any atom is 0.426 e. The van der Waals surface area contributed by atoms with Gasteiger partial charge < -0.3 is 4.74 Å². The van der Waals surface area contributed by atoms with Gasteiger partial charge in [-0.05, 0) is 24.3 Å². The molecule has 0 atom stereocenters. The number of alkyl halides is 3. The van der Waals surface area contributed by atoms with Gasteiger partial charge in [0.15, 0.2) is 0 Å². The summed E-state index contributed by atoms with van der Waals surface area (Å²) in [6.45, 7) is 0. The van der Waals surface area contributed by atoms with E-state index in [1.807, 2.05) is 0 Å². The fourth-order valence-corrected chi connectivity index (χ4v) is 0.816. The molecule has 0 aliphatic heterocycles. The fourth-order valence-electron chi connectivity index (χ4n) is 0.816. The van der Waals surface area contributed by atoms with Gasteiger partial charge in [-0.25, -0.2) is 0 Å². The Kier molecular flexibility index (Phi) is 3.11. The van der Waals surface area contributed by atoms with E-state index >= 15 is 0 Å². The number of aliphatic imine (C=N–C) groups is 1. The second-order valence-electron chi connectivity index (χ2n) is 2.50. The number of nitrogens with zero attached hydrogens (tertiary/aromatic N) is 1. The molecular formula is C9H8F3NO. The standard InChI is InChI=1S/C9H8F3NO/c1-14-8-4-2-7(3-5-8)13-6-9(10,11)12/h2-6H,1H3. The highest BCUT2D eigenvalue weighted by atomic mass is 19.4. The highest BCUT2D eigenvalue weighted by Crippen LogP contribution is 2.19. The lowest BCUT2D eigenvalue weighted by Gasteiger charge is -1.99. The van der Waals surface area contributed by atoms with E-state index in [9.17, 15) is 13.2 Å². The molecule has 0 saturated carbocycles. The minimum Gasteiger partial charge on any atom is -0.497 e. The first-order chi connectivity index (χ1) is 6.51. The maximum atomic E-state index is 11.7. The Labute approximate surface area is 79.0 Å². The van der Waals surface area contributed by atoms with Crippen LogP contribution < -0.4 is 4.74 Å². The monoisotopic (exact) mass is 203 g/mol. The van der Waals surface area contributed by atoms with E-state index in [-0.39, 0.29) is 11.9 Å². The summed E-state index contributed by atoms with van der Waals surface area (Å²) in [5.41, 5.74) is 0.239. The van der Waals surface area contributed by atoms with E-state index < -0.39 is 6.18 Å². The normalized spacial score (nSPS) is 12.0. The predicted octanol–water partition coefficient (Wildman–Crippen LogP) is 2.96. The van der Waals surface area contributed by atoms with Crippen LogP contribution in [0.15, 0.2) is 29.3 Å². The predicted molar refractivity (Wildman–Crippen MR) is 47.2 cm³/mol. The van der Waals surface area contributed by atoms with Crippen molar-refractivity contribution in [3.8, 4) is 5.75 Å². The Hall–Kier alpha value is -1.52. The number of ether oxygens (including phenoxy) is 1. The van der Waals surface area contributed by atoms with Gasteiger partial charge in [0.1, 0.15) is 12.0 Å². The van der Waals surface area contributed by atoms with Crippen LogP contribution in [0.4, 0.5) is 18.9 Å². The molecule has 5 heteroatoms. The minimum absolute atomic E-state index is 0.0468. The van der Waals surface area contributed by atoms with Crippen LogP contribution in [0.25, 0.3) is 0 Å². The molecule has 0 N–H and O–H groups in total. The summed E-state index contributed by atoms with van der Waals surface area (Å²) in [7, 11) is 1.48. The van der Waals surface area contributed by atoms with E-state index in [1.54, 1.807) is 12.1 Å². The fraction of sp³-hybridized carbons (Fsp3) is 0.222. The zero-order valence-corrected chi connectivity index (χ0v) is 7.38. The summed E-state index contributed by atoms with van der Waals surface area (Å²) in [6, 6.07) is 5.98. The molecular weight excluding hydrogens is 195 g/mol. The van der Waals surface area contributed by atoms with Crippen molar-refractivity contribution in [1.29, 1.82) is 0 Å². The van der Waals surface area contributed by atoms with Crippen LogP contribution >= 0.6 is 0 Å². The third-order valence-corrected chi connectivity index (χ3v) is 1.43. The summed E-state index contributed by atoms with van der Waals surface area (Å²) < 4.78 is 40.0. The molecule has 0 heterocycles. The molecule has 0 aliphatic carbocycles. The Morgan fingerprint density at radius 3 is 2.21 bits per heavy atom. The van der Waals surface area contributed by atoms with Crippen LogP contribution in [0, 0.1) is 0 Å². The van der Waals surface area contributed by atoms with Crippen molar-refractivity contribution in [2.24, 2.45) is 4.99 Å². The third-order valence-electron chi connectivity index (χ3n) is 1.43.